The van der Waals surface area contributed by atoms with Crippen molar-refractivity contribution in [1.82, 2.24) is 0 Å². The minimum absolute atomic E-state index is 0.00761. The fraction of sp³-hybridized carbons (Fsp3) is 0.286. The van der Waals surface area contributed by atoms with E-state index in [1.54, 1.807) is 45.0 Å². The van der Waals surface area contributed by atoms with Gasteiger partial charge in [-0.1, -0.05) is 36.4 Å². The Morgan fingerprint density at radius 1 is 0.868 bits per heavy atom. The van der Waals surface area contributed by atoms with Crippen molar-refractivity contribution in [3.8, 4) is 11.5 Å². The number of nitrogens with zero attached hydrogens (tertiary/aromatic N) is 1. The van der Waals surface area contributed by atoms with Crippen LogP contribution in [0.5, 0.6) is 11.5 Å². The maximum absolute atomic E-state index is 14.1. The molecule has 0 unspecified atom stereocenters. The summed E-state index contributed by atoms with van der Waals surface area (Å²) in [6.07, 6.45) is 0. The maximum atomic E-state index is 14.1. The van der Waals surface area contributed by atoms with Crippen LogP contribution in [-0.2, 0) is 30.8 Å². The lowest BCUT2D eigenvalue weighted by Gasteiger charge is -2.28. The number of anilines is 1. The van der Waals surface area contributed by atoms with E-state index in [1.807, 2.05) is 6.07 Å². The molecule has 9 nitrogen and oxygen atoms in total. The summed E-state index contributed by atoms with van der Waals surface area (Å²) in [5.41, 5.74) is -0.207. The summed E-state index contributed by atoms with van der Waals surface area (Å²) in [4.78, 5) is 25.1. The van der Waals surface area contributed by atoms with Crippen LogP contribution in [0, 0.1) is 0 Å². The van der Waals surface area contributed by atoms with E-state index >= 15 is 0 Å². The van der Waals surface area contributed by atoms with Gasteiger partial charge in [0.1, 0.15) is 22.8 Å². The third-order valence-electron chi connectivity index (χ3n) is 5.24. The topological polar surface area (TPSA) is 108 Å². The van der Waals surface area contributed by atoms with Gasteiger partial charge in [0.15, 0.2) is 6.61 Å². The number of ether oxygens (including phenoxy) is 4. The number of esters is 2. The Morgan fingerprint density at radius 2 is 1.53 bits per heavy atom. The molecular weight excluding hydrogens is 510 g/mol. The molecule has 0 spiro atoms. The van der Waals surface area contributed by atoms with Gasteiger partial charge in [-0.05, 0) is 62.7 Å². The number of benzene rings is 3. The number of hydrogen-bond acceptors (Lipinski definition) is 8. The van der Waals surface area contributed by atoms with E-state index in [0.29, 0.717) is 11.3 Å². The monoisotopic (exact) mass is 541 g/mol. The van der Waals surface area contributed by atoms with Gasteiger partial charge in [0.25, 0.3) is 10.0 Å². The molecule has 0 aliphatic rings. The summed E-state index contributed by atoms with van der Waals surface area (Å²) in [6, 6.07) is 19.2. The molecule has 0 amide bonds. The molecule has 10 heteroatoms. The van der Waals surface area contributed by atoms with Gasteiger partial charge in [0.2, 0.25) is 0 Å². The van der Waals surface area contributed by atoms with E-state index in [4.69, 9.17) is 18.9 Å². The first-order valence-corrected chi connectivity index (χ1v) is 13.2. The van der Waals surface area contributed by atoms with E-state index in [-0.39, 0.29) is 28.4 Å². The predicted octanol–water partition coefficient (Wildman–Crippen LogP) is 4.60. The smallest absolute Gasteiger partial charge is 0.344 e. The molecule has 3 aromatic carbocycles. The average Bonchev–Trinajstić information content (AvgIpc) is 2.89. The number of methoxy groups -OCH3 is 2. The summed E-state index contributed by atoms with van der Waals surface area (Å²) in [5, 5.41) is 0. The summed E-state index contributed by atoms with van der Waals surface area (Å²) in [5.74, 6) is -0.952. The highest BCUT2D eigenvalue weighted by atomic mass is 32.2. The summed E-state index contributed by atoms with van der Waals surface area (Å²) >= 11 is 0. The molecule has 3 rings (SSSR count). The molecular formula is C28H31NO8S. The van der Waals surface area contributed by atoms with Crippen molar-refractivity contribution in [2.45, 2.75) is 37.8 Å². The van der Waals surface area contributed by atoms with Crippen LogP contribution in [0.2, 0.25) is 0 Å². The third-order valence-corrected chi connectivity index (χ3v) is 7.00. The molecule has 0 saturated carbocycles. The van der Waals surface area contributed by atoms with Gasteiger partial charge < -0.3 is 18.9 Å². The van der Waals surface area contributed by atoms with E-state index in [9.17, 15) is 18.0 Å². The van der Waals surface area contributed by atoms with Crippen LogP contribution in [0.15, 0.2) is 77.7 Å². The molecule has 0 aliphatic heterocycles. The van der Waals surface area contributed by atoms with Crippen molar-refractivity contribution in [3.05, 3.63) is 83.9 Å². The predicted molar refractivity (Wildman–Crippen MR) is 142 cm³/mol. The van der Waals surface area contributed by atoms with Gasteiger partial charge in [-0.3, -0.25) is 4.31 Å². The molecule has 0 radical (unpaired) electrons. The number of carbonyl (C=O) groups is 2. The molecule has 0 aromatic heterocycles. The van der Waals surface area contributed by atoms with Crippen molar-refractivity contribution in [1.29, 1.82) is 0 Å². The van der Waals surface area contributed by atoms with Crippen LogP contribution in [0.1, 0.15) is 36.7 Å². The van der Waals surface area contributed by atoms with Gasteiger partial charge >= 0.3 is 11.9 Å². The average molecular weight is 542 g/mol. The van der Waals surface area contributed by atoms with Crippen molar-refractivity contribution in [2.24, 2.45) is 0 Å². The second kappa shape index (κ2) is 12.0. The second-order valence-corrected chi connectivity index (χ2v) is 11.1. The fourth-order valence-electron chi connectivity index (χ4n) is 3.59. The van der Waals surface area contributed by atoms with Gasteiger partial charge in [-0.25, -0.2) is 18.0 Å². The van der Waals surface area contributed by atoms with Crippen LogP contribution in [0.25, 0.3) is 0 Å². The van der Waals surface area contributed by atoms with Gasteiger partial charge in [-0.2, -0.15) is 0 Å². The zero-order valence-electron chi connectivity index (χ0n) is 22.0. The minimum Gasteiger partial charge on any atom is -0.497 e. The highest BCUT2D eigenvalue weighted by molar-refractivity contribution is 7.92. The molecule has 0 N–H and O–H groups in total. The van der Waals surface area contributed by atoms with Crippen molar-refractivity contribution in [3.63, 3.8) is 0 Å². The Morgan fingerprint density at radius 3 is 2.11 bits per heavy atom. The maximum Gasteiger partial charge on any atom is 0.344 e. The Kier molecular flexibility index (Phi) is 9.00. The SMILES string of the molecule is COC(=O)c1cccc(OCC(=O)OC(C)(C)C)c1N(Cc1ccccc1)S(=O)(=O)c1ccc(OC)cc1. The van der Waals surface area contributed by atoms with Crippen LogP contribution in [0.3, 0.4) is 0 Å². The van der Waals surface area contributed by atoms with Crippen LogP contribution < -0.4 is 13.8 Å². The van der Waals surface area contributed by atoms with Crippen molar-refractivity contribution < 1.29 is 37.0 Å². The summed E-state index contributed by atoms with van der Waals surface area (Å²) < 4.78 is 50.4. The Hall–Kier alpha value is -4.05. The third kappa shape index (κ3) is 7.04. The molecule has 0 aliphatic carbocycles. The van der Waals surface area contributed by atoms with Crippen molar-refractivity contribution >= 4 is 27.6 Å². The lowest BCUT2D eigenvalue weighted by atomic mass is 10.1. The summed E-state index contributed by atoms with van der Waals surface area (Å²) in [6.45, 7) is 4.52. The number of sulfonamides is 1. The highest BCUT2D eigenvalue weighted by Crippen LogP contribution is 2.38. The van der Waals surface area contributed by atoms with E-state index in [0.717, 1.165) is 4.31 Å². The zero-order valence-corrected chi connectivity index (χ0v) is 22.8. The van der Waals surface area contributed by atoms with E-state index in [2.05, 4.69) is 0 Å². The number of rotatable bonds is 10. The van der Waals surface area contributed by atoms with Crippen LogP contribution in [-0.4, -0.2) is 46.8 Å². The quantitative estimate of drug-likeness (QED) is 0.343. The molecule has 0 fully saturated rings. The first kappa shape index (κ1) is 28.5. The fourth-order valence-corrected chi connectivity index (χ4v) is 5.07. The minimum atomic E-state index is -4.26. The molecule has 0 bridgehead atoms. The highest BCUT2D eigenvalue weighted by Gasteiger charge is 2.32. The molecule has 0 atom stereocenters. The van der Waals surface area contributed by atoms with Gasteiger partial charge in [0.05, 0.1) is 31.2 Å². The normalized spacial score (nSPS) is 11.4. The number of hydrogen-bond donors (Lipinski definition) is 0. The molecule has 0 saturated heterocycles. The van der Waals surface area contributed by atoms with Crippen LogP contribution >= 0.6 is 0 Å². The Bertz CT molecular complexity index is 1360. The molecule has 3 aromatic rings. The first-order chi connectivity index (χ1) is 18.0. The lowest BCUT2D eigenvalue weighted by molar-refractivity contribution is -0.157. The van der Waals surface area contributed by atoms with Crippen molar-refractivity contribution in [2.75, 3.05) is 25.1 Å². The standard InChI is InChI=1S/C28H31NO8S/c1-28(2,3)37-25(30)19-36-24-13-9-12-23(27(31)35-5)26(24)29(18-20-10-7-6-8-11-20)38(32,33)22-16-14-21(34-4)15-17-22/h6-17H,18-19H2,1-5H3. The number of para-hydroxylation sites is 1. The molecule has 38 heavy (non-hydrogen) atoms. The molecule has 0 heterocycles. The Balaban J connectivity index is 2.17. The zero-order chi connectivity index (χ0) is 27.9. The largest absolute Gasteiger partial charge is 0.497 e. The first-order valence-electron chi connectivity index (χ1n) is 11.7. The van der Waals surface area contributed by atoms with Crippen LogP contribution in [0.4, 0.5) is 5.69 Å². The van der Waals surface area contributed by atoms with Gasteiger partial charge in [0, 0.05) is 0 Å². The Labute approximate surface area is 222 Å². The molecule has 202 valence electrons. The van der Waals surface area contributed by atoms with E-state index in [1.165, 1.54) is 56.7 Å². The van der Waals surface area contributed by atoms with E-state index < -0.39 is 34.2 Å². The lowest BCUT2D eigenvalue weighted by Crippen LogP contribution is -2.33. The second-order valence-electron chi connectivity index (χ2n) is 9.19. The van der Waals surface area contributed by atoms with Gasteiger partial charge in [-0.15, -0.1) is 0 Å². The number of carbonyl (C=O) groups excluding carboxylic acids is 2. The summed E-state index contributed by atoms with van der Waals surface area (Å²) in [7, 11) is -1.59.